The lowest BCUT2D eigenvalue weighted by Gasteiger charge is -2.27. The zero-order chi connectivity index (χ0) is 14.8. The molecule has 1 aliphatic rings. The molecule has 1 saturated heterocycles. The first-order chi connectivity index (χ1) is 9.35. The Kier molecular flexibility index (Phi) is 4.48. The number of nitrogens with zero attached hydrogens (tertiary/aromatic N) is 3. The van der Waals surface area contributed by atoms with Crippen LogP contribution < -0.4 is 0 Å². The van der Waals surface area contributed by atoms with Crippen LogP contribution in [0.1, 0.15) is 39.2 Å². The molecule has 0 unspecified atom stereocenters. The molecular weight excluding hydrogens is 254 g/mol. The zero-order valence-corrected chi connectivity index (χ0v) is 12.9. The standard InChI is InChI=1S/C15H25N3O2/c1-15(2,3)20-14(19)13-6-5-8-18(13)9-7-12-10-16-17(4)11-12/h10-11,13H,5-9H2,1-4H3/t13-/m0/s1. The van der Waals surface area contributed by atoms with E-state index in [1.807, 2.05) is 44.9 Å². The van der Waals surface area contributed by atoms with Crippen LogP contribution in [0.3, 0.4) is 0 Å². The van der Waals surface area contributed by atoms with Crippen molar-refractivity contribution in [2.75, 3.05) is 13.1 Å². The lowest BCUT2D eigenvalue weighted by molar-refractivity contribution is -0.160. The Morgan fingerprint density at radius 2 is 2.25 bits per heavy atom. The lowest BCUT2D eigenvalue weighted by Crippen LogP contribution is -2.41. The number of hydrogen-bond donors (Lipinski definition) is 0. The monoisotopic (exact) mass is 279 g/mol. The van der Waals surface area contributed by atoms with Crippen molar-refractivity contribution in [3.05, 3.63) is 18.0 Å². The van der Waals surface area contributed by atoms with Gasteiger partial charge in [0.05, 0.1) is 6.20 Å². The summed E-state index contributed by atoms with van der Waals surface area (Å²) in [6.07, 6.45) is 6.81. The van der Waals surface area contributed by atoms with Crippen molar-refractivity contribution in [1.82, 2.24) is 14.7 Å². The van der Waals surface area contributed by atoms with Crippen molar-refractivity contribution in [2.45, 2.75) is 51.7 Å². The first-order valence-electron chi connectivity index (χ1n) is 7.29. The molecular formula is C15H25N3O2. The molecule has 1 aliphatic heterocycles. The molecule has 1 fully saturated rings. The topological polar surface area (TPSA) is 47.4 Å². The summed E-state index contributed by atoms with van der Waals surface area (Å²) in [4.78, 5) is 14.4. The van der Waals surface area contributed by atoms with E-state index in [-0.39, 0.29) is 12.0 Å². The van der Waals surface area contributed by atoms with E-state index < -0.39 is 5.60 Å². The molecule has 0 aromatic carbocycles. The van der Waals surface area contributed by atoms with E-state index in [0.29, 0.717) is 0 Å². The Labute approximate surface area is 120 Å². The Hall–Kier alpha value is -1.36. The largest absolute Gasteiger partial charge is 0.459 e. The highest BCUT2D eigenvalue weighted by atomic mass is 16.6. The Bertz CT molecular complexity index is 462. The fourth-order valence-corrected chi connectivity index (χ4v) is 2.60. The molecule has 2 heterocycles. The molecule has 0 radical (unpaired) electrons. The molecule has 0 bridgehead atoms. The quantitative estimate of drug-likeness (QED) is 0.788. The summed E-state index contributed by atoms with van der Waals surface area (Å²) < 4.78 is 7.32. The van der Waals surface area contributed by atoms with Crippen LogP contribution in [0.5, 0.6) is 0 Å². The van der Waals surface area contributed by atoms with Crippen LogP contribution in [0.15, 0.2) is 12.4 Å². The van der Waals surface area contributed by atoms with Crippen LogP contribution in [0.2, 0.25) is 0 Å². The Balaban J connectivity index is 1.88. The first kappa shape index (κ1) is 15.0. The molecule has 5 heteroatoms. The number of aryl methyl sites for hydroxylation is 1. The molecule has 0 saturated carbocycles. The second kappa shape index (κ2) is 5.95. The molecule has 2 rings (SSSR count). The highest BCUT2D eigenvalue weighted by Gasteiger charge is 2.33. The van der Waals surface area contributed by atoms with Gasteiger partial charge >= 0.3 is 5.97 Å². The second-order valence-corrected chi connectivity index (χ2v) is 6.50. The van der Waals surface area contributed by atoms with Crippen molar-refractivity contribution >= 4 is 5.97 Å². The highest BCUT2D eigenvalue weighted by Crippen LogP contribution is 2.21. The number of likely N-dealkylation sites (tertiary alicyclic amines) is 1. The van der Waals surface area contributed by atoms with Crippen molar-refractivity contribution in [2.24, 2.45) is 7.05 Å². The van der Waals surface area contributed by atoms with Gasteiger partial charge in [-0.25, -0.2) is 0 Å². The summed E-state index contributed by atoms with van der Waals surface area (Å²) in [6.45, 7) is 7.61. The molecule has 0 aliphatic carbocycles. The van der Waals surface area contributed by atoms with E-state index in [0.717, 1.165) is 32.4 Å². The molecule has 0 N–H and O–H groups in total. The van der Waals surface area contributed by atoms with Gasteiger partial charge in [-0.15, -0.1) is 0 Å². The number of esters is 1. The molecule has 5 nitrogen and oxygen atoms in total. The van der Waals surface area contributed by atoms with Crippen molar-refractivity contribution < 1.29 is 9.53 Å². The van der Waals surface area contributed by atoms with E-state index in [9.17, 15) is 4.79 Å². The molecule has 1 atom stereocenters. The number of rotatable bonds is 4. The van der Waals surface area contributed by atoms with Crippen LogP contribution in [0.25, 0.3) is 0 Å². The van der Waals surface area contributed by atoms with Gasteiger partial charge < -0.3 is 4.74 Å². The van der Waals surface area contributed by atoms with Crippen LogP contribution in [-0.4, -0.2) is 45.4 Å². The third-order valence-electron chi connectivity index (χ3n) is 3.49. The Morgan fingerprint density at radius 1 is 1.50 bits per heavy atom. The van der Waals surface area contributed by atoms with Crippen LogP contribution >= 0.6 is 0 Å². The van der Waals surface area contributed by atoms with Gasteiger partial charge in [0, 0.05) is 19.8 Å². The predicted molar refractivity (Wildman–Crippen MR) is 77.4 cm³/mol. The number of ether oxygens (including phenoxy) is 1. The number of aromatic nitrogens is 2. The van der Waals surface area contributed by atoms with Crippen LogP contribution in [-0.2, 0) is 23.0 Å². The SMILES string of the molecule is Cn1cc(CCN2CCC[C@H]2C(=O)OC(C)(C)C)cn1. The van der Waals surface area contributed by atoms with Gasteiger partial charge in [0.1, 0.15) is 11.6 Å². The maximum atomic E-state index is 12.2. The summed E-state index contributed by atoms with van der Waals surface area (Å²) in [5.74, 6) is -0.0822. The normalized spacial score (nSPS) is 20.3. The maximum absolute atomic E-state index is 12.2. The minimum Gasteiger partial charge on any atom is -0.459 e. The molecule has 112 valence electrons. The smallest absolute Gasteiger partial charge is 0.323 e. The van der Waals surface area contributed by atoms with Gasteiger partial charge in [0.15, 0.2) is 0 Å². The minimum absolute atomic E-state index is 0.0779. The third-order valence-corrected chi connectivity index (χ3v) is 3.49. The van der Waals surface area contributed by atoms with E-state index >= 15 is 0 Å². The minimum atomic E-state index is -0.408. The van der Waals surface area contributed by atoms with Crippen molar-refractivity contribution in [1.29, 1.82) is 0 Å². The van der Waals surface area contributed by atoms with Crippen molar-refractivity contribution in [3.8, 4) is 0 Å². The second-order valence-electron chi connectivity index (χ2n) is 6.50. The van der Waals surface area contributed by atoms with Gasteiger partial charge in [-0.2, -0.15) is 5.10 Å². The summed E-state index contributed by atoms with van der Waals surface area (Å²) in [5, 5.41) is 4.17. The maximum Gasteiger partial charge on any atom is 0.323 e. The fraction of sp³-hybridized carbons (Fsp3) is 0.733. The first-order valence-corrected chi connectivity index (χ1v) is 7.29. The average Bonchev–Trinajstić information content (AvgIpc) is 2.92. The number of hydrogen-bond acceptors (Lipinski definition) is 4. The molecule has 20 heavy (non-hydrogen) atoms. The molecule has 1 aromatic rings. The summed E-state index contributed by atoms with van der Waals surface area (Å²) >= 11 is 0. The molecule has 0 spiro atoms. The van der Waals surface area contributed by atoms with E-state index in [4.69, 9.17) is 4.74 Å². The average molecular weight is 279 g/mol. The van der Waals surface area contributed by atoms with Gasteiger partial charge in [-0.1, -0.05) is 0 Å². The zero-order valence-electron chi connectivity index (χ0n) is 12.9. The summed E-state index contributed by atoms with van der Waals surface area (Å²) in [5.41, 5.74) is 0.802. The summed E-state index contributed by atoms with van der Waals surface area (Å²) in [6, 6.07) is -0.0779. The lowest BCUT2D eigenvalue weighted by atomic mass is 10.1. The fourth-order valence-electron chi connectivity index (χ4n) is 2.60. The van der Waals surface area contributed by atoms with E-state index in [1.165, 1.54) is 5.56 Å². The van der Waals surface area contributed by atoms with E-state index in [2.05, 4.69) is 10.00 Å². The van der Waals surface area contributed by atoms with E-state index in [1.54, 1.807) is 0 Å². The summed E-state index contributed by atoms with van der Waals surface area (Å²) in [7, 11) is 1.92. The van der Waals surface area contributed by atoms with Gasteiger partial charge in [-0.3, -0.25) is 14.4 Å². The molecule has 1 aromatic heterocycles. The Morgan fingerprint density at radius 3 is 2.85 bits per heavy atom. The van der Waals surface area contributed by atoms with Crippen LogP contribution in [0.4, 0.5) is 0 Å². The molecule has 0 amide bonds. The van der Waals surface area contributed by atoms with Crippen LogP contribution in [0, 0.1) is 0 Å². The third kappa shape index (κ3) is 4.07. The predicted octanol–water partition coefficient (Wildman–Crippen LogP) is 1.77. The van der Waals surface area contributed by atoms with Gasteiger partial charge in [0.2, 0.25) is 0 Å². The number of carbonyl (C=O) groups excluding carboxylic acids is 1. The highest BCUT2D eigenvalue weighted by molar-refractivity contribution is 5.76. The number of carbonyl (C=O) groups is 1. The van der Waals surface area contributed by atoms with Crippen molar-refractivity contribution in [3.63, 3.8) is 0 Å². The van der Waals surface area contributed by atoms with Gasteiger partial charge in [-0.05, 0) is 52.1 Å². The van der Waals surface area contributed by atoms with Gasteiger partial charge in [0.25, 0.3) is 0 Å².